The van der Waals surface area contributed by atoms with Crippen molar-refractivity contribution in [2.24, 2.45) is 7.05 Å². The fraction of sp³-hybridized carbons (Fsp3) is 0.0769. The molecule has 0 aliphatic carbocycles. The molecular formula is C13H11ClFN5. The van der Waals surface area contributed by atoms with Gasteiger partial charge in [0.25, 0.3) is 0 Å². The van der Waals surface area contributed by atoms with Gasteiger partial charge in [0.1, 0.15) is 5.82 Å². The zero-order chi connectivity index (χ0) is 14.3. The summed E-state index contributed by atoms with van der Waals surface area (Å²) in [5, 5.41) is 10.9. The fourth-order valence-electron chi connectivity index (χ4n) is 2.08. The Morgan fingerprint density at radius 2 is 2.20 bits per heavy atom. The smallest absolute Gasteiger partial charge is 0.153 e. The maximum Gasteiger partial charge on any atom is 0.153 e. The number of aromatic nitrogens is 4. The molecule has 102 valence electrons. The first-order chi connectivity index (χ1) is 9.58. The molecule has 2 heterocycles. The molecule has 0 bridgehead atoms. The summed E-state index contributed by atoms with van der Waals surface area (Å²) in [5.41, 5.74) is 8.03. The highest BCUT2D eigenvalue weighted by molar-refractivity contribution is 6.31. The van der Waals surface area contributed by atoms with Gasteiger partial charge in [-0.05, 0) is 6.07 Å². The number of nitrogens with one attached hydrogen (secondary N) is 1. The van der Waals surface area contributed by atoms with Crippen molar-refractivity contribution in [1.29, 1.82) is 0 Å². The molecule has 0 unspecified atom stereocenters. The average Bonchev–Trinajstić information content (AvgIpc) is 2.99. The predicted octanol–water partition coefficient (Wildman–Crippen LogP) is 2.85. The van der Waals surface area contributed by atoms with Crippen LogP contribution in [-0.4, -0.2) is 20.0 Å². The second-order valence-electron chi connectivity index (χ2n) is 4.36. The predicted molar refractivity (Wildman–Crippen MR) is 75.6 cm³/mol. The van der Waals surface area contributed by atoms with Crippen LogP contribution >= 0.6 is 11.6 Å². The minimum absolute atomic E-state index is 0.0419. The van der Waals surface area contributed by atoms with Crippen LogP contribution in [0.3, 0.4) is 0 Å². The summed E-state index contributed by atoms with van der Waals surface area (Å²) in [6.45, 7) is 0. The van der Waals surface area contributed by atoms with Gasteiger partial charge in [0.2, 0.25) is 0 Å². The van der Waals surface area contributed by atoms with Crippen LogP contribution < -0.4 is 5.73 Å². The molecule has 0 amide bonds. The van der Waals surface area contributed by atoms with Crippen molar-refractivity contribution >= 4 is 17.4 Å². The van der Waals surface area contributed by atoms with Crippen molar-refractivity contribution in [1.82, 2.24) is 20.0 Å². The molecular weight excluding hydrogens is 281 g/mol. The molecule has 7 heteroatoms. The van der Waals surface area contributed by atoms with Crippen molar-refractivity contribution in [2.75, 3.05) is 5.73 Å². The lowest BCUT2D eigenvalue weighted by Gasteiger charge is -2.05. The van der Waals surface area contributed by atoms with Crippen molar-refractivity contribution in [3.8, 4) is 22.4 Å². The summed E-state index contributed by atoms with van der Waals surface area (Å²) in [6, 6.07) is 4.77. The molecule has 20 heavy (non-hydrogen) atoms. The van der Waals surface area contributed by atoms with Crippen LogP contribution in [0.1, 0.15) is 0 Å². The van der Waals surface area contributed by atoms with Gasteiger partial charge in [-0.1, -0.05) is 23.7 Å². The number of nitrogens with zero attached hydrogens (tertiary/aromatic N) is 3. The zero-order valence-electron chi connectivity index (χ0n) is 10.6. The molecule has 3 N–H and O–H groups in total. The number of halogens is 2. The Kier molecular flexibility index (Phi) is 2.94. The fourth-order valence-corrected chi connectivity index (χ4v) is 2.26. The zero-order valence-corrected chi connectivity index (χ0v) is 11.3. The average molecular weight is 292 g/mol. The van der Waals surface area contributed by atoms with Crippen LogP contribution in [0, 0.1) is 5.82 Å². The number of nitrogens with two attached hydrogens (primary N) is 1. The number of anilines is 1. The van der Waals surface area contributed by atoms with Gasteiger partial charge >= 0.3 is 0 Å². The number of hydrogen-bond acceptors (Lipinski definition) is 3. The van der Waals surface area contributed by atoms with E-state index >= 15 is 0 Å². The first-order valence-electron chi connectivity index (χ1n) is 5.85. The van der Waals surface area contributed by atoms with E-state index in [9.17, 15) is 4.39 Å². The molecule has 5 nitrogen and oxygen atoms in total. The van der Waals surface area contributed by atoms with Gasteiger partial charge in [0.15, 0.2) is 5.82 Å². The van der Waals surface area contributed by atoms with E-state index in [0.717, 1.165) is 5.56 Å². The number of hydrogen-bond donors (Lipinski definition) is 2. The van der Waals surface area contributed by atoms with Crippen LogP contribution in [-0.2, 0) is 7.05 Å². The summed E-state index contributed by atoms with van der Waals surface area (Å²) < 4.78 is 15.8. The van der Waals surface area contributed by atoms with Crippen LogP contribution in [0.5, 0.6) is 0 Å². The monoisotopic (exact) mass is 291 g/mol. The minimum Gasteiger partial charge on any atom is -0.382 e. The molecule has 0 aliphatic heterocycles. The van der Waals surface area contributed by atoms with E-state index in [0.29, 0.717) is 16.8 Å². The number of benzene rings is 1. The summed E-state index contributed by atoms with van der Waals surface area (Å²) in [4.78, 5) is 0. The van der Waals surface area contributed by atoms with E-state index in [1.807, 2.05) is 0 Å². The molecule has 1 aromatic carbocycles. The van der Waals surface area contributed by atoms with Crippen LogP contribution in [0.15, 0.2) is 30.6 Å². The summed E-state index contributed by atoms with van der Waals surface area (Å²) >= 11 is 5.82. The lowest BCUT2D eigenvalue weighted by molar-refractivity contribution is 0.632. The lowest BCUT2D eigenvalue weighted by Crippen LogP contribution is -1.92. The third kappa shape index (κ3) is 1.94. The number of rotatable bonds is 2. The highest BCUT2D eigenvalue weighted by atomic mass is 35.5. The van der Waals surface area contributed by atoms with Gasteiger partial charge in [-0.3, -0.25) is 9.78 Å². The first-order valence-corrected chi connectivity index (χ1v) is 6.23. The van der Waals surface area contributed by atoms with Crippen LogP contribution in [0.2, 0.25) is 5.02 Å². The molecule has 3 aromatic rings. The Hall–Kier alpha value is -2.34. The Labute approximate surface area is 119 Å². The maximum atomic E-state index is 14.2. The number of aromatic amines is 1. The second kappa shape index (κ2) is 4.64. The second-order valence-corrected chi connectivity index (χ2v) is 4.77. The molecule has 0 spiro atoms. The van der Waals surface area contributed by atoms with E-state index < -0.39 is 5.82 Å². The van der Waals surface area contributed by atoms with E-state index in [2.05, 4.69) is 15.3 Å². The van der Waals surface area contributed by atoms with Crippen molar-refractivity contribution < 1.29 is 4.39 Å². The van der Waals surface area contributed by atoms with E-state index in [1.54, 1.807) is 36.3 Å². The molecule has 0 radical (unpaired) electrons. The van der Waals surface area contributed by atoms with Crippen molar-refractivity contribution in [3.05, 3.63) is 41.4 Å². The molecule has 0 saturated heterocycles. The molecule has 0 fully saturated rings. The normalized spacial score (nSPS) is 10.9. The molecule has 3 rings (SSSR count). The van der Waals surface area contributed by atoms with E-state index in [-0.39, 0.29) is 10.8 Å². The van der Waals surface area contributed by atoms with Crippen molar-refractivity contribution in [2.45, 2.75) is 0 Å². The number of nitrogen functional groups attached to an aromatic ring is 1. The molecule has 0 aliphatic rings. The van der Waals surface area contributed by atoms with E-state index in [4.69, 9.17) is 17.3 Å². The third-order valence-electron chi connectivity index (χ3n) is 3.01. The highest BCUT2D eigenvalue weighted by Crippen LogP contribution is 2.37. The third-order valence-corrected chi connectivity index (χ3v) is 3.30. The van der Waals surface area contributed by atoms with Gasteiger partial charge in [-0.2, -0.15) is 10.2 Å². The lowest BCUT2D eigenvalue weighted by atomic mass is 10.0. The van der Waals surface area contributed by atoms with Gasteiger partial charge in [0.05, 0.1) is 22.5 Å². The number of H-pyrrole nitrogens is 1. The Morgan fingerprint density at radius 1 is 1.40 bits per heavy atom. The number of aryl methyl sites for hydroxylation is 1. The van der Waals surface area contributed by atoms with Crippen LogP contribution in [0.25, 0.3) is 22.4 Å². The quantitative estimate of drug-likeness (QED) is 0.762. The van der Waals surface area contributed by atoms with Gasteiger partial charge < -0.3 is 5.73 Å². The van der Waals surface area contributed by atoms with Gasteiger partial charge in [0, 0.05) is 24.4 Å². The van der Waals surface area contributed by atoms with Gasteiger partial charge in [-0.15, -0.1) is 0 Å². The first kappa shape index (κ1) is 12.7. The topological polar surface area (TPSA) is 72.5 Å². The van der Waals surface area contributed by atoms with Gasteiger partial charge in [-0.25, -0.2) is 4.39 Å². The molecule has 0 atom stereocenters. The Morgan fingerprint density at radius 3 is 2.90 bits per heavy atom. The minimum atomic E-state index is -0.521. The summed E-state index contributed by atoms with van der Waals surface area (Å²) in [5.74, 6) is -0.308. The van der Waals surface area contributed by atoms with E-state index in [1.165, 1.54) is 6.07 Å². The Balaban J connectivity index is 2.24. The largest absolute Gasteiger partial charge is 0.382 e. The Bertz CT molecular complexity index is 777. The maximum absolute atomic E-state index is 14.2. The molecule has 0 saturated carbocycles. The van der Waals surface area contributed by atoms with Crippen LogP contribution in [0.4, 0.5) is 10.2 Å². The highest BCUT2D eigenvalue weighted by Gasteiger charge is 2.19. The summed E-state index contributed by atoms with van der Waals surface area (Å²) in [7, 11) is 1.79. The SMILES string of the molecule is Cn1cc(-c2[nH]nc(N)c2-c2cccc(Cl)c2F)cn1. The molecule has 2 aromatic heterocycles. The van der Waals surface area contributed by atoms with Crippen molar-refractivity contribution in [3.63, 3.8) is 0 Å². The standard InChI is InChI=1S/C13H11ClFN5/c1-20-6-7(5-17-20)12-10(13(16)19-18-12)8-3-2-4-9(14)11(8)15/h2-6H,1H3,(H3,16,18,19). The summed E-state index contributed by atoms with van der Waals surface area (Å²) in [6.07, 6.45) is 3.44.